The highest BCUT2D eigenvalue weighted by Gasteiger charge is 2.50. The highest BCUT2D eigenvalue weighted by atomic mass is 32.2. The van der Waals surface area contributed by atoms with E-state index in [0.717, 1.165) is 36.4 Å². The maximum atomic E-state index is 13.4. The summed E-state index contributed by atoms with van der Waals surface area (Å²) in [6.45, 7) is 1.22. The summed E-state index contributed by atoms with van der Waals surface area (Å²) in [7, 11) is -5.21. The maximum Gasteiger partial charge on any atom is 0.501 e. The lowest BCUT2D eigenvalue weighted by atomic mass is 10.2. The average Bonchev–Trinajstić information content (AvgIpc) is 2.54. The lowest BCUT2D eigenvalue weighted by Gasteiger charge is -2.24. The largest absolute Gasteiger partial charge is 0.501 e. The van der Waals surface area contributed by atoms with E-state index in [0.29, 0.717) is 0 Å². The van der Waals surface area contributed by atoms with Crippen molar-refractivity contribution in [3.05, 3.63) is 60.2 Å². The normalized spacial score (nSPS) is 11.7. The number of nitrogens with one attached hydrogen (secondary N) is 1. The number of halogens is 3. The third-order valence-electron chi connectivity index (χ3n) is 3.15. The topological polar surface area (TPSA) is 83.6 Å². The molecule has 0 unspecified atom stereocenters. The van der Waals surface area contributed by atoms with Gasteiger partial charge in [0.05, 0.1) is 4.90 Å². The molecular formula is C16H13F3N2O4S. The molecule has 2 amide bonds. The first-order valence-electron chi connectivity index (χ1n) is 7.12. The molecule has 2 aromatic carbocycles. The van der Waals surface area contributed by atoms with E-state index < -0.39 is 42.9 Å². The standard InChI is InChI=1S/C16H13F3N2O4S/c1-11(22)20-13-7-9-14(10-8-13)26(24,25)21(16(17,18)19)15(23)12-5-3-2-4-6-12/h2-10H,1H3,(H,20,22). The molecule has 2 aromatic rings. The smallest absolute Gasteiger partial charge is 0.326 e. The molecule has 6 nitrogen and oxygen atoms in total. The molecule has 0 saturated carbocycles. The number of benzene rings is 2. The van der Waals surface area contributed by atoms with E-state index in [4.69, 9.17) is 0 Å². The number of carbonyl (C=O) groups is 2. The minimum atomic E-state index is -5.46. The Bertz CT molecular complexity index is 911. The van der Waals surface area contributed by atoms with Crippen LogP contribution in [0.1, 0.15) is 17.3 Å². The van der Waals surface area contributed by atoms with Crippen LogP contribution in [0.15, 0.2) is 59.5 Å². The van der Waals surface area contributed by atoms with Crippen LogP contribution in [0.25, 0.3) is 0 Å². The van der Waals surface area contributed by atoms with Gasteiger partial charge in [-0.3, -0.25) is 9.59 Å². The zero-order valence-corrected chi connectivity index (χ0v) is 14.1. The fraction of sp³-hybridized carbons (Fsp3) is 0.125. The monoisotopic (exact) mass is 386 g/mol. The number of anilines is 1. The minimum absolute atomic E-state index is 0.199. The number of rotatable bonds is 4. The fourth-order valence-corrected chi connectivity index (χ4v) is 3.36. The van der Waals surface area contributed by atoms with Crippen molar-refractivity contribution in [2.75, 3.05) is 5.32 Å². The van der Waals surface area contributed by atoms with Gasteiger partial charge in [-0.15, -0.1) is 17.5 Å². The summed E-state index contributed by atoms with van der Waals surface area (Å²) in [4.78, 5) is 22.4. The molecule has 0 aliphatic heterocycles. The molecule has 138 valence electrons. The van der Waals surface area contributed by atoms with Gasteiger partial charge in [-0.2, -0.15) is 0 Å². The predicted octanol–water partition coefficient (Wildman–Crippen LogP) is 3.00. The summed E-state index contributed by atoms with van der Waals surface area (Å²) in [5, 5.41) is 2.35. The van der Waals surface area contributed by atoms with Crippen LogP contribution in [-0.4, -0.2) is 30.8 Å². The van der Waals surface area contributed by atoms with Crippen LogP contribution in [-0.2, 0) is 14.8 Å². The molecule has 0 aromatic heterocycles. The SMILES string of the molecule is CC(=O)Nc1ccc(S(=O)(=O)N(C(=O)c2ccccc2)C(F)(F)F)cc1. The zero-order valence-electron chi connectivity index (χ0n) is 13.3. The van der Waals surface area contributed by atoms with E-state index in [1.54, 1.807) is 0 Å². The number of nitrogens with zero attached hydrogens (tertiary/aromatic N) is 1. The molecule has 0 bridgehead atoms. The van der Waals surface area contributed by atoms with Crippen molar-refractivity contribution >= 4 is 27.5 Å². The molecule has 0 saturated heterocycles. The van der Waals surface area contributed by atoms with Crippen LogP contribution in [0.4, 0.5) is 18.9 Å². The van der Waals surface area contributed by atoms with Gasteiger partial charge in [-0.25, -0.2) is 8.42 Å². The van der Waals surface area contributed by atoms with Crippen LogP contribution in [0.2, 0.25) is 0 Å². The second-order valence-electron chi connectivity index (χ2n) is 5.11. The van der Waals surface area contributed by atoms with Crippen molar-refractivity contribution in [3.8, 4) is 0 Å². The maximum absolute atomic E-state index is 13.4. The molecule has 0 spiro atoms. The predicted molar refractivity (Wildman–Crippen MR) is 86.6 cm³/mol. The number of alkyl halides is 3. The van der Waals surface area contributed by atoms with E-state index in [2.05, 4.69) is 5.32 Å². The Balaban J connectivity index is 2.47. The van der Waals surface area contributed by atoms with Crippen LogP contribution in [0, 0.1) is 0 Å². The summed E-state index contributed by atoms with van der Waals surface area (Å²) in [5.41, 5.74) is -0.229. The number of hydrogen-bond donors (Lipinski definition) is 1. The second kappa shape index (κ2) is 7.16. The quantitative estimate of drug-likeness (QED) is 0.819. The van der Waals surface area contributed by atoms with Crippen molar-refractivity contribution in [3.63, 3.8) is 0 Å². The van der Waals surface area contributed by atoms with Gasteiger partial charge in [0.15, 0.2) is 0 Å². The first-order chi connectivity index (χ1) is 12.0. The number of carbonyl (C=O) groups excluding carboxylic acids is 2. The molecule has 0 fully saturated rings. The van der Waals surface area contributed by atoms with Gasteiger partial charge >= 0.3 is 6.30 Å². The molecule has 0 aliphatic carbocycles. The summed E-state index contributed by atoms with van der Waals surface area (Å²) >= 11 is 0. The van der Waals surface area contributed by atoms with Gasteiger partial charge < -0.3 is 5.32 Å². The van der Waals surface area contributed by atoms with Crippen LogP contribution >= 0.6 is 0 Å². The third-order valence-corrected chi connectivity index (χ3v) is 4.87. The van der Waals surface area contributed by atoms with E-state index in [-0.39, 0.29) is 5.69 Å². The molecular weight excluding hydrogens is 373 g/mol. The number of hydrogen-bond acceptors (Lipinski definition) is 4. The van der Waals surface area contributed by atoms with Crippen molar-refractivity contribution in [1.29, 1.82) is 0 Å². The van der Waals surface area contributed by atoms with Crippen molar-refractivity contribution in [1.82, 2.24) is 4.31 Å². The zero-order chi connectivity index (χ0) is 19.5. The minimum Gasteiger partial charge on any atom is -0.326 e. The molecule has 0 radical (unpaired) electrons. The highest BCUT2D eigenvalue weighted by Crippen LogP contribution is 2.31. The van der Waals surface area contributed by atoms with Crippen molar-refractivity contribution < 1.29 is 31.2 Å². The van der Waals surface area contributed by atoms with Gasteiger partial charge in [-0.1, -0.05) is 18.2 Å². The molecule has 26 heavy (non-hydrogen) atoms. The Labute approximate surface area is 147 Å². The fourth-order valence-electron chi connectivity index (χ4n) is 2.08. The van der Waals surface area contributed by atoms with Gasteiger partial charge in [0, 0.05) is 18.2 Å². The summed E-state index contributed by atoms with van der Waals surface area (Å²) in [6.07, 6.45) is -5.46. The second-order valence-corrected chi connectivity index (χ2v) is 6.90. The summed E-state index contributed by atoms with van der Waals surface area (Å²) in [5.74, 6) is -2.15. The van der Waals surface area contributed by atoms with Gasteiger partial charge in [0.2, 0.25) is 5.91 Å². The Morgan fingerprint density at radius 1 is 0.962 bits per heavy atom. The first-order valence-corrected chi connectivity index (χ1v) is 8.56. The van der Waals surface area contributed by atoms with E-state index in [1.165, 1.54) is 25.1 Å². The van der Waals surface area contributed by atoms with E-state index in [1.807, 2.05) is 0 Å². The van der Waals surface area contributed by atoms with E-state index >= 15 is 0 Å². The first kappa shape index (κ1) is 19.4. The highest BCUT2D eigenvalue weighted by molar-refractivity contribution is 7.89. The molecule has 0 atom stereocenters. The molecule has 2 rings (SSSR count). The van der Waals surface area contributed by atoms with Gasteiger partial charge in [0.25, 0.3) is 15.9 Å². The van der Waals surface area contributed by atoms with Gasteiger partial charge in [0.1, 0.15) is 0 Å². The lowest BCUT2D eigenvalue weighted by molar-refractivity contribution is -0.193. The summed E-state index contributed by atoms with van der Waals surface area (Å²) in [6, 6.07) is 10.3. The van der Waals surface area contributed by atoms with E-state index in [9.17, 15) is 31.2 Å². The van der Waals surface area contributed by atoms with Crippen LogP contribution in [0.5, 0.6) is 0 Å². The third kappa shape index (κ3) is 4.20. The lowest BCUT2D eigenvalue weighted by Crippen LogP contribution is -2.46. The Morgan fingerprint density at radius 3 is 1.96 bits per heavy atom. The Morgan fingerprint density at radius 2 is 1.50 bits per heavy atom. The van der Waals surface area contributed by atoms with Crippen molar-refractivity contribution in [2.24, 2.45) is 0 Å². The molecule has 1 N–H and O–H groups in total. The summed E-state index contributed by atoms with van der Waals surface area (Å²) < 4.78 is 63.8. The number of sulfonamides is 1. The molecule has 10 heteroatoms. The Hall–Kier alpha value is -2.88. The van der Waals surface area contributed by atoms with Crippen LogP contribution in [0.3, 0.4) is 0 Å². The van der Waals surface area contributed by atoms with Crippen LogP contribution < -0.4 is 5.32 Å². The molecule has 0 aliphatic rings. The molecule has 0 heterocycles. The Kier molecular flexibility index (Phi) is 5.36. The van der Waals surface area contributed by atoms with Gasteiger partial charge in [-0.05, 0) is 36.4 Å². The average molecular weight is 386 g/mol. The number of amides is 2. The van der Waals surface area contributed by atoms with Crippen molar-refractivity contribution in [2.45, 2.75) is 18.1 Å².